The number of nitrogens with zero attached hydrogens (tertiary/aromatic N) is 5. The minimum Gasteiger partial charge on any atom is -0.338 e. The Morgan fingerprint density at radius 2 is 1.94 bits per heavy atom. The second-order valence-corrected chi connectivity index (χ2v) is 9.85. The van der Waals surface area contributed by atoms with Gasteiger partial charge >= 0.3 is 0 Å². The van der Waals surface area contributed by atoms with Crippen molar-refractivity contribution in [2.45, 2.75) is 58.5 Å². The summed E-state index contributed by atoms with van der Waals surface area (Å²) in [5.74, 6) is 0.435. The van der Waals surface area contributed by atoms with E-state index in [0.29, 0.717) is 0 Å². The van der Waals surface area contributed by atoms with E-state index < -0.39 is 0 Å². The zero-order valence-electron chi connectivity index (χ0n) is 21.0. The number of hydrogen-bond donors (Lipinski definition) is 2. The molecular weight excluding hydrogens is 438 g/mol. The Hall–Kier alpha value is -3.52. The lowest BCUT2D eigenvalue weighted by Gasteiger charge is -2.28. The number of rotatable bonds is 6. The summed E-state index contributed by atoms with van der Waals surface area (Å²) in [6, 6.07) is 10.5. The van der Waals surface area contributed by atoms with Crippen LogP contribution in [0.15, 0.2) is 42.9 Å². The van der Waals surface area contributed by atoms with E-state index in [0.717, 1.165) is 58.7 Å². The minimum atomic E-state index is -0.0572. The lowest BCUT2D eigenvalue weighted by atomic mass is 9.93. The van der Waals surface area contributed by atoms with Crippen LogP contribution in [0, 0.1) is 6.92 Å². The summed E-state index contributed by atoms with van der Waals surface area (Å²) >= 11 is 0. The Morgan fingerprint density at radius 1 is 1.17 bits per heavy atom. The van der Waals surface area contributed by atoms with Gasteiger partial charge in [-0.15, -0.1) is 0 Å². The van der Waals surface area contributed by atoms with Crippen molar-refractivity contribution in [1.29, 1.82) is 0 Å². The number of carbonyl (C=O) groups is 1. The van der Waals surface area contributed by atoms with E-state index in [9.17, 15) is 4.79 Å². The molecule has 35 heavy (non-hydrogen) atoms. The number of carbonyl (C=O) groups excluding carboxylic acids is 1. The summed E-state index contributed by atoms with van der Waals surface area (Å²) in [6.45, 7) is 9.42. The van der Waals surface area contributed by atoms with Crippen LogP contribution in [0.3, 0.4) is 0 Å². The van der Waals surface area contributed by atoms with Gasteiger partial charge in [-0.1, -0.05) is 38.1 Å². The Kier molecular flexibility index (Phi) is 6.15. The first-order valence-electron chi connectivity index (χ1n) is 12.3. The summed E-state index contributed by atoms with van der Waals surface area (Å²) in [4.78, 5) is 19.0. The summed E-state index contributed by atoms with van der Waals surface area (Å²) in [5.41, 5.74) is 8.24. The fourth-order valence-electron chi connectivity index (χ4n) is 5.06. The number of aryl methyl sites for hydroxylation is 1. The molecule has 0 saturated carbocycles. The molecule has 182 valence electrons. The van der Waals surface area contributed by atoms with Crippen LogP contribution in [0.1, 0.15) is 62.3 Å². The lowest BCUT2D eigenvalue weighted by Crippen LogP contribution is -2.42. The van der Waals surface area contributed by atoms with E-state index in [1.807, 2.05) is 29.6 Å². The fourth-order valence-corrected chi connectivity index (χ4v) is 5.06. The SMILES string of the molecule is Cc1cc(-c2[nH]nc(-c3ccc([C@H](C)N(C)C(=O)C4CCCN4)cc3)c2C(C)C)cn2ncnc12. The molecule has 0 aliphatic carbocycles. The van der Waals surface area contributed by atoms with Crippen LogP contribution in [-0.4, -0.2) is 55.2 Å². The van der Waals surface area contributed by atoms with Gasteiger partial charge in [0.25, 0.3) is 0 Å². The van der Waals surface area contributed by atoms with Gasteiger partial charge < -0.3 is 10.2 Å². The molecular formula is C27H33N7O. The van der Waals surface area contributed by atoms with Crippen molar-refractivity contribution in [3.8, 4) is 22.5 Å². The summed E-state index contributed by atoms with van der Waals surface area (Å²) in [6.07, 6.45) is 5.54. The molecule has 1 aromatic carbocycles. The number of amides is 1. The minimum absolute atomic E-state index is 0.00403. The Bertz CT molecular complexity index is 1350. The molecule has 8 nitrogen and oxygen atoms in total. The van der Waals surface area contributed by atoms with Gasteiger partial charge in [0.1, 0.15) is 6.33 Å². The predicted octanol–water partition coefficient (Wildman–Crippen LogP) is 4.49. The first-order chi connectivity index (χ1) is 16.8. The van der Waals surface area contributed by atoms with E-state index in [1.165, 1.54) is 5.56 Å². The second kappa shape index (κ2) is 9.26. The Labute approximate surface area is 205 Å². The number of likely N-dealkylation sites (N-methyl/N-ethyl adjacent to an activating group) is 1. The van der Waals surface area contributed by atoms with E-state index in [4.69, 9.17) is 5.10 Å². The Morgan fingerprint density at radius 3 is 2.63 bits per heavy atom. The molecule has 0 bridgehead atoms. The van der Waals surface area contributed by atoms with Gasteiger partial charge in [-0.3, -0.25) is 9.89 Å². The monoisotopic (exact) mass is 471 g/mol. The van der Waals surface area contributed by atoms with Crippen LogP contribution in [0.5, 0.6) is 0 Å². The molecule has 1 saturated heterocycles. The van der Waals surface area contributed by atoms with Crippen LogP contribution >= 0.6 is 0 Å². The zero-order chi connectivity index (χ0) is 24.7. The molecule has 4 aromatic rings. The van der Waals surface area contributed by atoms with E-state index in [1.54, 1.807) is 6.33 Å². The summed E-state index contributed by atoms with van der Waals surface area (Å²) in [7, 11) is 1.89. The third-order valence-electron chi connectivity index (χ3n) is 7.18. The van der Waals surface area contributed by atoms with Crippen molar-refractivity contribution in [2.24, 2.45) is 0 Å². The van der Waals surface area contributed by atoms with E-state index >= 15 is 0 Å². The standard InChI is InChI=1S/C27H33N7O/c1-16(2)23-24(31-32-25(23)21-13-17(3)26-29-15-30-34(26)14-21)20-10-8-19(9-11-20)18(4)33(5)27(35)22-7-6-12-28-22/h8-11,13-16,18,22,28H,6-7,12H2,1-5H3,(H,31,32)/t18-,22?/m0/s1. The smallest absolute Gasteiger partial charge is 0.239 e. The van der Waals surface area contributed by atoms with Crippen molar-refractivity contribution >= 4 is 11.6 Å². The molecule has 4 heterocycles. The maximum atomic E-state index is 12.8. The highest BCUT2D eigenvalue weighted by atomic mass is 16.2. The molecule has 1 aliphatic heterocycles. The largest absolute Gasteiger partial charge is 0.338 e. The first kappa shape index (κ1) is 23.2. The third-order valence-corrected chi connectivity index (χ3v) is 7.18. The molecule has 1 unspecified atom stereocenters. The highest BCUT2D eigenvalue weighted by Gasteiger charge is 2.28. The topological polar surface area (TPSA) is 91.2 Å². The van der Waals surface area contributed by atoms with Gasteiger partial charge in [0, 0.05) is 29.9 Å². The number of H-pyrrole nitrogens is 1. The molecule has 5 rings (SSSR count). The maximum absolute atomic E-state index is 12.8. The highest BCUT2D eigenvalue weighted by Crippen LogP contribution is 2.36. The van der Waals surface area contributed by atoms with Crippen molar-refractivity contribution in [1.82, 2.24) is 35.0 Å². The zero-order valence-corrected chi connectivity index (χ0v) is 21.0. The van der Waals surface area contributed by atoms with E-state index in [-0.39, 0.29) is 23.9 Å². The quantitative estimate of drug-likeness (QED) is 0.432. The van der Waals surface area contributed by atoms with Gasteiger partial charge in [0.2, 0.25) is 5.91 Å². The molecule has 1 fully saturated rings. The molecule has 1 amide bonds. The van der Waals surface area contributed by atoms with Crippen molar-refractivity contribution in [3.63, 3.8) is 0 Å². The van der Waals surface area contributed by atoms with Crippen molar-refractivity contribution < 1.29 is 4.79 Å². The highest BCUT2D eigenvalue weighted by molar-refractivity contribution is 5.82. The molecule has 3 aromatic heterocycles. The van der Waals surface area contributed by atoms with Gasteiger partial charge in [-0.2, -0.15) is 10.2 Å². The van der Waals surface area contributed by atoms with Crippen molar-refractivity contribution in [2.75, 3.05) is 13.6 Å². The number of fused-ring (bicyclic) bond motifs is 1. The maximum Gasteiger partial charge on any atom is 0.239 e. The van der Waals surface area contributed by atoms with Gasteiger partial charge in [0.05, 0.1) is 23.5 Å². The van der Waals surface area contributed by atoms with Crippen LogP contribution in [-0.2, 0) is 4.79 Å². The molecule has 1 aliphatic rings. The predicted molar refractivity (Wildman–Crippen MR) is 137 cm³/mol. The number of aromatic nitrogens is 5. The lowest BCUT2D eigenvalue weighted by molar-refractivity contribution is -0.133. The molecule has 0 radical (unpaired) electrons. The molecule has 2 N–H and O–H groups in total. The molecule has 0 spiro atoms. The van der Waals surface area contributed by atoms with Gasteiger partial charge in [-0.05, 0) is 56.3 Å². The first-order valence-corrected chi connectivity index (χ1v) is 12.3. The van der Waals surface area contributed by atoms with E-state index in [2.05, 4.69) is 71.6 Å². The van der Waals surface area contributed by atoms with Crippen LogP contribution < -0.4 is 5.32 Å². The van der Waals surface area contributed by atoms with Gasteiger partial charge in [-0.25, -0.2) is 9.50 Å². The normalized spacial score (nSPS) is 16.8. The fraction of sp³-hybridized carbons (Fsp3) is 0.407. The van der Waals surface area contributed by atoms with Gasteiger partial charge in [0.15, 0.2) is 5.65 Å². The molecule has 8 heteroatoms. The number of pyridine rings is 1. The Balaban J connectivity index is 1.44. The number of hydrogen-bond acceptors (Lipinski definition) is 5. The number of benzene rings is 1. The summed E-state index contributed by atoms with van der Waals surface area (Å²) < 4.78 is 1.81. The van der Waals surface area contributed by atoms with Crippen LogP contribution in [0.2, 0.25) is 0 Å². The van der Waals surface area contributed by atoms with Crippen LogP contribution in [0.25, 0.3) is 28.2 Å². The average Bonchev–Trinajstić information content (AvgIpc) is 3.63. The second-order valence-electron chi connectivity index (χ2n) is 9.85. The van der Waals surface area contributed by atoms with Crippen LogP contribution in [0.4, 0.5) is 0 Å². The average molecular weight is 472 g/mol. The number of nitrogens with one attached hydrogen (secondary N) is 2. The number of aromatic amines is 1. The van der Waals surface area contributed by atoms with Crippen molar-refractivity contribution in [3.05, 3.63) is 59.5 Å². The molecule has 2 atom stereocenters. The summed E-state index contributed by atoms with van der Waals surface area (Å²) in [5, 5.41) is 15.6. The third kappa shape index (κ3) is 4.23.